The predicted octanol–water partition coefficient (Wildman–Crippen LogP) is 4.67. The van der Waals surface area contributed by atoms with Crippen LogP contribution in [0, 0.1) is 6.58 Å². The van der Waals surface area contributed by atoms with Crippen molar-refractivity contribution in [2.24, 2.45) is 0 Å². The molecule has 0 aromatic rings. The van der Waals surface area contributed by atoms with Crippen LogP contribution < -0.4 is 0 Å². The first-order valence-corrected chi connectivity index (χ1v) is 5.56. The smallest absolute Gasteiger partial charge is 0.0348 e. The van der Waals surface area contributed by atoms with Crippen molar-refractivity contribution in [1.82, 2.24) is 0 Å². The van der Waals surface area contributed by atoms with Crippen LogP contribution in [0.2, 0.25) is 0 Å². The number of unbranched alkanes of at least 4 members (excludes halogenated alkanes) is 7. The molecule has 0 unspecified atom stereocenters. The van der Waals surface area contributed by atoms with E-state index in [1.165, 1.54) is 44.9 Å². The average molecular weight is 179 g/mol. The zero-order chi connectivity index (χ0) is 9.78. The summed E-state index contributed by atoms with van der Waals surface area (Å²) in [7, 11) is 0. The highest BCUT2D eigenvalue weighted by atomic mass is 13.9. The molecule has 0 aliphatic heterocycles. The summed E-state index contributed by atoms with van der Waals surface area (Å²) >= 11 is 0. The van der Waals surface area contributed by atoms with Gasteiger partial charge in [-0.25, -0.2) is 0 Å². The zero-order valence-corrected chi connectivity index (χ0v) is 8.97. The van der Waals surface area contributed by atoms with Gasteiger partial charge in [0.05, 0.1) is 0 Å². The van der Waals surface area contributed by atoms with Crippen molar-refractivity contribution in [3.8, 4) is 0 Å². The van der Waals surface area contributed by atoms with E-state index in [9.17, 15) is 0 Å². The van der Waals surface area contributed by atoms with Crippen molar-refractivity contribution in [3.05, 3.63) is 24.8 Å². The molecule has 0 aromatic heterocycles. The van der Waals surface area contributed by atoms with E-state index in [4.69, 9.17) is 6.58 Å². The fraction of sp³-hybridized carbons (Fsp3) is 0.692. The largest absolute Gasteiger partial charge is 0.0917 e. The standard InChI is InChI=1S/C13H23/c1-3-5-7-9-11-13-12-10-8-6-4-2/h1,3-4,6H,5,7-13H2,2H3. The third-order valence-electron chi connectivity index (χ3n) is 2.23. The Bertz CT molecular complexity index is 122. The van der Waals surface area contributed by atoms with Gasteiger partial charge in [-0.3, -0.25) is 0 Å². The van der Waals surface area contributed by atoms with Crippen LogP contribution in [0.25, 0.3) is 0 Å². The highest BCUT2D eigenvalue weighted by molar-refractivity contribution is 4.76. The maximum absolute atomic E-state index is 5.29. The lowest BCUT2D eigenvalue weighted by atomic mass is 10.1. The molecule has 0 saturated carbocycles. The van der Waals surface area contributed by atoms with Crippen molar-refractivity contribution in [3.63, 3.8) is 0 Å². The molecule has 0 saturated heterocycles. The van der Waals surface area contributed by atoms with Gasteiger partial charge in [0.25, 0.3) is 0 Å². The lowest BCUT2D eigenvalue weighted by Crippen LogP contribution is -1.78. The molecule has 1 radical (unpaired) electrons. The van der Waals surface area contributed by atoms with Crippen LogP contribution in [-0.4, -0.2) is 0 Å². The highest BCUT2D eigenvalue weighted by Crippen LogP contribution is 2.08. The third kappa shape index (κ3) is 11.5. The van der Waals surface area contributed by atoms with Crippen LogP contribution in [0.4, 0.5) is 0 Å². The summed E-state index contributed by atoms with van der Waals surface area (Å²) in [6.07, 6.45) is 16.6. The Labute approximate surface area is 83.7 Å². The van der Waals surface area contributed by atoms with Crippen molar-refractivity contribution in [2.75, 3.05) is 0 Å². The second-order valence-electron chi connectivity index (χ2n) is 3.50. The van der Waals surface area contributed by atoms with Crippen LogP contribution in [0.15, 0.2) is 18.2 Å². The summed E-state index contributed by atoms with van der Waals surface area (Å²) < 4.78 is 0. The van der Waals surface area contributed by atoms with E-state index in [-0.39, 0.29) is 0 Å². The maximum Gasteiger partial charge on any atom is -0.0348 e. The second-order valence-corrected chi connectivity index (χ2v) is 3.50. The molecule has 0 aliphatic carbocycles. The van der Waals surface area contributed by atoms with Gasteiger partial charge in [0, 0.05) is 0 Å². The van der Waals surface area contributed by atoms with Gasteiger partial charge in [-0.2, -0.15) is 0 Å². The van der Waals surface area contributed by atoms with E-state index in [2.05, 4.69) is 19.1 Å². The molecule has 0 heterocycles. The topological polar surface area (TPSA) is 0 Å². The fourth-order valence-electron chi connectivity index (χ4n) is 1.40. The van der Waals surface area contributed by atoms with Gasteiger partial charge in [0.1, 0.15) is 0 Å². The Morgan fingerprint density at radius 2 is 1.38 bits per heavy atom. The Kier molecular flexibility index (Phi) is 11.0. The minimum atomic E-state index is 1.08. The fourth-order valence-corrected chi connectivity index (χ4v) is 1.40. The van der Waals surface area contributed by atoms with E-state index >= 15 is 0 Å². The second kappa shape index (κ2) is 11.5. The van der Waals surface area contributed by atoms with Gasteiger partial charge < -0.3 is 0 Å². The lowest BCUT2D eigenvalue weighted by molar-refractivity contribution is 0.600. The molecule has 13 heavy (non-hydrogen) atoms. The van der Waals surface area contributed by atoms with E-state index in [0.29, 0.717) is 0 Å². The summed E-state index contributed by atoms with van der Waals surface area (Å²) in [6.45, 7) is 7.38. The minimum Gasteiger partial charge on any atom is -0.0917 e. The molecule has 0 bridgehead atoms. The number of rotatable bonds is 9. The SMILES string of the molecule is [CH]=CCCCCCCCCC=CC. The molecular formula is C13H23. The molecule has 0 heteroatoms. The first-order valence-electron chi connectivity index (χ1n) is 5.56. The Balaban J connectivity index is 2.87. The van der Waals surface area contributed by atoms with Crippen LogP contribution in [0.5, 0.6) is 0 Å². The quantitative estimate of drug-likeness (QED) is 0.356. The molecule has 0 nitrogen and oxygen atoms in total. The number of hydrogen-bond donors (Lipinski definition) is 0. The van der Waals surface area contributed by atoms with Crippen LogP contribution in [0.3, 0.4) is 0 Å². The van der Waals surface area contributed by atoms with Gasteiger partial charge in [-0.05, 0) is 32.6 Å². The number of allylic oxidation sites excluding steroid dienone is 3. The highest BCUT2D eigenvalue weighted by Gasteiger charge is 1.89. The molecular weight excluding hydrogens is 156 g/mol. The monoisotopic (exact) mass is 179 g/mol. The van der Waals surface area contributed by atoms with Crippen molar-refractivity contribution in [2.45, 2.75) is 58.3 Å². The molecule has 0 spiro atoms. The molecule has 0 atom stereocenters. The van der Waals surface area contributed by atoms with Crippen molar-refractivity contribution < 1.29 is 0 Å². The maximum atomic E-state index is 5.29. The summed E-state index contributed by atoms with van der Waals surface area (Å²) in [6, 6.07) is 0. The molecule has 0 rings (SSSR count). The first kappa shape index (κ1) is 12.5. The molecule has 0 fully saturated rings. The Hall–Kier alpha value is -0.520. The average Bonchev–Trinajstić information content (AvgIpc) is 2.16. The van der Waals surface area contributed by atoms with E-state index in [1.807, 2.05) is 0 Å². The molecule has 0 N–H and O–H groups in total. The van der Waals surface area contributed by atoms with Gasteiger partial charge in [0.2, 0.25) is 0 Å². The van der Waals surface area contributed by atoms with Gasteiger partial charge in [-0.1, -0.05) is 50.5 Å². The van der Waals surface area contributed by atoms with Crippen LogP contribution >= 0.6 is 0 Å². The number of hydrogen-bond acceptors (Lipinski definition) is 0. The van der Waals surface area contributed by atoms with Gasteiger partial charge >= 0.3 is 0 Å². The first-order chi connectivity index (χ1) is 6.41. The third-order valence-corrected chi connectivity index (χ3v) is 2.23. The summed E-state index contributed by atoms with van der Waals surface area (Å²) in [4.78, 5) is 0. The zero-order valence-electron chi connectivity index (χ0n) is 8.97. The van der Waals surface area contributed by atoms with Crippen molar-refractivity contribution in [1.29, 1.82) is 0 Å². The van der Waals surface area contributed by atoms with Crippen LogP contribution in [-0.2, 0) is 0 Å². The molecule has 75 valence electrons. The molecule has 0 aliphatic rings. The lowest BCUT2D eigenvalue weighted by Gasteiger charge is -1.98. The van der Waals surface area contributed by atoms with Crippen LogP contribution in [0.1, 0.15) is 58.3 Å². The van der Waals surface area contributed by atoms with Crippen molar-refractivity contribution >= 4 is 0 Å². The summed E-state index contributed by atoms with van der Waals surface area (Å²) in [5.41, 5.74) is 0. The van der Waals surface area contributed by atoms with E-state index in [1.54, 1.807) is 6.08 Å². The Morgan fingerprint density at radius 3 is 1.92 bits per heavy atom. The van der Waals surface area contributed by atoms with E-state index < -0.39 is 0 Å². The van der Waals surface area contributed by atoms with Gasteiger partial charge in [0.15, 0.2) is 0 Å². The normalized spacial score (nSPS) is 10.8. The predicted molar refractivity (Wildman–Crippen MR) is 60.6 cm³/mol. The Morgan fingerprint density at radius 1 is 0.846 bits per heavy atom. The summed E-state index contributed by atoms with van der Waals surface area (Å²) in [5.74, 6) is 0. The summed E-state index contributed by atoms with van der Waals surface area (Å²) in [5, 5.41) is 0. The molecule has 0 amide bonds. The van der Waals surface area contributed by atoms with Gasteiger partial charge in [-0.15, -0.1) is 0 Å². The molecule has 0 aromatic carbocycles. The van der Waals surface area contributed by atoms with E-state index in [0.717, 1.165) is 6.42 Å². The minimum absolute atomic E-state index is 1.08.